The molecule has 5 nitrogen and oxygen atoms in total. The number of hydrogen-bond acceptors (Lipinski definition) is 4. The first-order valence-electron chi connectivity index (χ1n) is 6.47. The molecule has 0 saturated heterocycles. The van der Waals surface area contributed by atoms with Gasteiger partial charge in [-0.2, -0.15) is 0 Å². The van der Waals surface area contributed by atoms with Gasteiger partial charge in [0.2, 0.25) is 0 Å². The van der Waals surface area contributed by atoms with E-state index in [4.69, 9.17) is 9.47 Å². The van der Waals surface area contributed by atoms with Gasteiger partial charge in [0.25, 0.3) is 11.8 Å². The maximum atomic E-state index is 11.9. The predicted octanol–water partition coefficient (Wildman–Crippen LogP) is 2.16. The van der Waals surface area contributed by atoms with Crippen molar-refractivity contribution in [2.75, 3.05) is 7.05 Å². The van der Waals surface area contributed by atoms with Crippen molar-refractivity contribution in [3.63, 3.8) is 0 Å². The first-order valence-corrected chi connectivity index (χ1v) is 6.47. The zero-order valence-electron chi connectivity index (χ0n) is 11.8. The molecule has 1 fully saturated rings. The molecule has 0 bridgehead atoms. The molecule has 19 heavy (non-hydrogen) atoms. The second kappa shape index (κ2) is 5.07. The number of hydrogen-bond donors (Lipinski definition) is 1. The summed E-state index contributed by atoms with van der Waals surface area (Å²) in [5, 5.41) is 2.60. The number of amides is 1. The highest BCUT2D eigenvalue weighted by atomic mass is 16.5. The van der Waals surface area contributed by atoms with Crippen LogP contribution in [0, 0.1) is 0 Å². The number of nitrogens with one attached hydrogen (secondary N) is 1. The monoisotopic (exact) mass is 264 g/mol. The van der Waals surface area contributed by atoms with Crippen LogP contribution in [-0.2, 0) is 0 Å². The van der Waals surface area contributed by atoms with E-state index in [1.54, 1.807) is 19.3 Å². The van der Waals surface area contributed by atoms with Crippen LogP contribution >= 0.6 is 0 Å². The lowest BCUT2D eigenvalue weighted by molar-refractivity contribution is 0.0945. The quantitative estimate of drug-likeness (QED) is 0.905. The lowest BCUT2D eigenvalue weighted by Crippen LogP contribution is -2.25. The van der Waals surface area contributed by atoms with Gasteiger partial charge in [0.05, 0.1) is 11.7 Å². The minimum atomic E-state index is -0.393. The summed E-state index contributed by atoms with van der Waals surface area (Å²) in [7, 11) is 1.59. The van der Waals surface area contributed by atoms with Gasteiger partial charge in [-0.25, -0.2) is 4.98 Å². The number of nitrogens with zero attached hydrogens (tertiary/aromatic N) is 1. The third-order valence-electron chi connectivity index (χ3n) is 2.56. The molecule has 1 aliphatic carbocycles. The Morgan fingerprint density at radius 1 is 1.42 bits per heavy atom. The molecule has 104 valence electrons. The summed E-state index contributed by atoms with van der Waals surface area (Å²) in [6, 6.07) is 1.64. The lowest BCUT2D eigenvalue weighted by atomic mass is 10.2. The van der Waals surface area contributed by atoms with E-state index in [-0.39, 0.29) is 12.0 Å². The van der Waals surface area contributed by atoms with Crippen molar-refractivity contribution in [2.24, 2.45) is 0 Å². The Morgan fingerprint density at radius 2 is 2.11 bits per heavy atom. The standard InChI is InChI=1S/C14H20N2O3/c1-14(2,3)19-13-11(18-9-5-6-9)10(7-8-16-13)12(17)15-4/h7-9H,5-6H2,1-4H3,(H,15,17). The van der Waals surface area contributed by atoms with Crippen molar-refractivity contribution in [3.05, 3.63) is 17.8 Å². The molecule has 1 heterocycles. The SMILES string of the molecule is CNC(=O)c1ccnc(OC(C)(C)C)c1OC1CC1. The smallest absolute Gasteiger partial charge is 0.258 e. The summed E-state index contributed by atoms with van der Waals surface area (Å²) in [5.41, 5.74) is 0.0688. The molecule has 1 aromatic heterocycles. The highest BCUT2D eigenvalue weighted by Crippen LogP contribution is 2.36. The highest BCUT2D eigenvalue weighted by molar-refractivity contribution is 5.97. The van der Waals surface area contributed by atoms with E-state index < -0.39 is 5.60 Å². The summed E-state index contributed by atoms with van der Waals surface area (Å²) in [6.45, 7) is 5.80. The molecule has 1 N–H and O–H groups in total. The van der Waals surface area contributed by atoms with Gasteiger partial charge in [0.1, 0.15) is 5.60 Å². The number of rotatable bonds is 4. The predicted molar refractivity (Wildman–Crippen MR) is 71.7 cm³/mol. The maximum Gasteiger partial charge on any atom is 0.258 e. The van der Waals surface area contributed by atoms with E-state index in [0.29, 0.717) is 17.2 Å². The van der Waals surface area contributed by atoms with E-state index in [2.05, 4.69) is 10.3 Å². The molecular formula is C14H20N2O3. The van der Waals surface area contributed by atoms with E-state index in [0.717, 1.165) is 12.8 Å². The highest BCUT2D eigenvalue weighted by Gasteiger charge is 2.29. The lowest BCUT2D eigenvalue weighted by Gasteiger charge is -2.23. The van der Waals surface area contributed by atoms with Gasteiger partial charge < -0.3 is 14.8 Å². The molecule has 0 radical (unpaired) electrons. The molecule has 1 aromatic rings. The molecule has 0 atom stereocenters. The van der Waals surface area contributed by atoms with Crippen molar-refractivity contribution in [3.8, 4) is 11.6 Å². The Kier molecular flexibility index (Phi) is 3.64. The van der Waals surface area contributed by atoms with Crippen molar-refractivity contribution in [1.29, 1.82) is 0 Å². The average molecular weight is 264 g/mol. The van der Waals surface area contributed by atoms with Gasteiger partial charge in [-0.3, -0.25) is 4.79 Å². The number of carbonyl (C=O) groups is 1. The molecule has 5 heteroatoms. The fourth-order valence-electron chi connectivity index (χ4n) is 1.57. The van der Waals surface area contributed by atoms with Crippen molar-refractivity contribution >= 4 is 5.91 Å². The summed E-state index contributed by atoms with van der Waals surface area (Å²) < 4.78 is 11.6. The Hall–Kier alpha value is -1.78. The number of pyridine rings is 1. The summed E-state index contributed by atoms with van der Waals surface area (Å²) >= 11 is 0. The van der Waals surface area contributed by atoms with Gasteiger partial charge in [0, 0.05) is 13.2 Å². The second-order valence-corrected chi connectivity index (χ2v) is 5.60. The largest absolute Gasteiger partial charge is 0.484 e. The Bertz CT molecular complexity index is 476. The molecule has 2 rings (SSSR count). The van der Waals surface area contributed by atoms with E-state index >= 15 is 0 Å². The summed E-state index contributed by atoms with van der Waals surface area (Å²) in [6.07, 6.45) is 3.76. The zero-order chi connectivity index (χ0) is 14.0. The van der Waals surface area contributed by atoms with Crippen LogP contribution < -0.4 is 14.8 Å². The Labute approximate surface area is 113 Å². The average Bonchev–Trinajstić information content (AvgIpc) is 3.12. The molecule has 0 aromatic carbocycles. The molecule has 1 saturated carbocycles. The van der Waals surface area contributed by atoms with E-state index in [9.17, 15) is 4.79 Å². The molecule has 1 amide bonds. The third-order valence-corrected chi connectivity index (χ3v) is 2.56. The second-order valence-electron chi connectivity index (χ2n) is 5.60. The molecular weight excluding hydrogens is 244 g/mol. The number of ether oxygens (including phenoxy) is 2. The van der Waals surface area contributed by atoms with Crippen molar-refractivity contribution < 1.29 is 14.3 Å². The fraction of sp³-hybridized carbons (Fsp3) is 0.571. The first-order chi connectivity index (χ1) is 8.90. The van der Waals surface area contributed by atoms with Crippen LogP contribution in [0.1, 0.15) is 44.0 Å². The van der Waals surface area contributed by atoms with Crippen LogP contribution in [0.5, 0.6) is 11.6 Å². The normalized spacial score (nSPS) is 14.9. The molecule has 0 aliphatic heterocycles. The summed E-state index contributed by atoms with van der Waals surface area (Å²) in [4.78, 5) is 16.1. The minimum absolute atomic E-state index is 0.176. The van der Waals surface area contributed by atoms with Gasteiger partial charge in [0.15, 0.2) is 5.75 Å². The minimum Gasteiger partial charge on any atom is -0.484 e. The Morgan fingerprint density at radius 3 is 2.63 bits per heavy atom. The first kappa shape index (κ1) is 13.6. The van der Waals surface area contributed by atoms with Crippen LogP contribution in [0.4, 0.5) is 0 Å². The van der Waals surface area contributed by atoms with Gasteiger partial charge in [-0.15, -0.1) is 0 Å². The van der Waals surface area contributed by atoms with Crippen molar-refractivity contribution in [2.45, 2.75) is 45.3 Å². The van der Waals surface area contributed by atoms with Crippen LogP contribution in [0.2, 0.25) is 0 Å². The van der Waals surface area contributed by atoms with Crippen LogP contribution in [0.25, 0.3) is 0 Å². The van der Waals surface area contributed by atoms with Gasteiger partial charge in [-0.1, -0.05) is 0 Å². The van der Waals surface area contributed by atoms with Crippen LogP contribution in [-0.4, -0.2) is 29.6 Å². The Balaban J connectivity index is 2.37. The fourth-order valence-corrected chi connectivity index (χ4v) is 1.57. The molecule has 0 unspecified atom stereocenters. The zero-order valence-corrected chi connectivity index (χ0v) is 11.8. The van der Waals surface area contributed by atoms with Gasteiger partial charge >= 0.3 is 0 Å². The van der Waals surface area contributed by atoms with E-state index in [1.165, 1.54) is 0 Å². The van der Waals surface area contributed by atoms with Crippen LogP contribution in [0.3, 0.4) is 0 Å². The number of aromatic nitrogens is 1. The third kappa shape index (κ3) is 3.59. The van der Waals surface area contributed by atoms with E-state index in [1.807, 2.05) is 20.8 Å². The van der Waals surface area contributed by atoms with Crippen LogP contribution in [0.15, 0.2) is 12.3 Å². The molecule has 0 spiro atoms. The van der Waals surface area contributed by atoms with Gasteiger partial charge in [-0.05, 0) is 39.7 Å². The maximum absolute atomic E-state index is 11.9. The number of carbonyl (C=O) groups excluding carboxylic acids is 1. The topological polar surface area (TPSA) is 60.5 Å². The summed E-state index contributed by atoms with van der Waals surface area (Å²) in [5.74, 6) is 0.622. The van der Waals surface area contributed by atoms with Crippen molar-refractivity contribution in [1.82, 2.24) is 10.3 Å². The molecule has 1 aliphatic rings.